The molecule has 4 nitrogen and oxygen atoms in total. The number of halogens is 1. The maximum Gasteiger partial charge on any atom is 0.170 e. The van der Waals surface area contributed by atoms with Crippen LogP contribution in [-0.4, -0.2) is 25.9 Å². The number of hydrogen-bond acceptors (Lipinski definition) is 3. The van der Waals surface area contributed by atoms with Crippen LogP contribution in [0, 0.1) is 0 Å². The minimum absolute atomic E-state index is 0.545. The van der Waals surface area contributed by atoms with Crippen LogP contribution in [0.15, 0.2) is 42.5 Å². The molecule has 0 amide bonds. The Labute approximate surface area is 153 Å². The van der Waals surface area contributed by atoms with Crippen LogP contribution in [0.1, 0.15) is 12.0 Å². The summed E-state index contributed by atoms with van der Waals surface area (Å²) in [7, 11) is 3.26. The molecule has 0 saturated heterocycles. The highest BCUT2D eigenvalue weighted by molar-refractivity contribution is 7.80. The van der Waals surface area contributed by atoms with E-state index in [1.165, 1.54) is 5.56 Å². The van der Waals surface area contributed by atoms with E-state index in [9.17, 15) is 0 Å². The van der Waals surface area contributed by atoms with E-state index in [4.69, 9.17) is 33.3 Å². The molecule has 0 saturated carbocycles. The van der Waals surface area contributed by atoms with Gasteiger partial charge in [0.2, 0.25) is 0 Å². The van der Waals surface area contributed by atoms with Gasteiger partial charge in [-0.05, 0) is 61.0 Å². The first-order chi connectivity index (χ1) is 11.6. The first-order valence-electron chi connectivity index (χ1n) is 7.63. The van der Waals surface area contributed by atoms with E-state index in [0.717, 1.165) is 30.8 Å². The summed E-state index contributed by atoms with van der Waals surface area (Å²) < 4.78 is 10.4. The fraction of sp³-hybridized carbons (Fsp3) is 0.278. The second kappa shape index (κ2) is 9.35. The second-order valence-corrected chi connectivity index (χ2v) is 6.00. The Hall–Kier alpha value is -1.98. The highest BCUT2D eigenvalue weighted by Gasteiger charge is 2.03. The van der Waals surface area contributed by atoms with E-state index in [-0.39, 0.29) is 0 Å². The minimum Gasteiger partial charge on any atom is -0.497 e. The van der Waals surface area contributed by atoms with Gasteiger partial charge in [-0.1, -0.05) is 23.7 Å². The average molecular weight is 365 g/mol. The van der Waals surface area contributed by atoms with Crippen molar-refractivity contribution in [3.63, 3.8) is 0 Å². The molecule has 2 aromatic rings. The van der Waals surface area contributed by atoms with Crippen LogP contribution in [0.3, 0.4) is 0 Å². The van der Waals surface area contributed by atoms with Gasteiger partial charge in [0.1, 0.15) is 11.5 Å². The van der Waals surface area contributed by atoms with Crippen LogP contribution in [0.5, 0.6) is 11.5 Å². The molecule has 0 spiro atoms. The third-order valence-electron chi connectivity index (χ3n) is 3.47. The summed E-state index contributed by atoms with van der Waals surface area (Å²) >= 11 is 11.4. The van der Waals surface area contributed by atoms with E-state index < -0.39 is 0 Å². The molecule has 2 rings (SSSR count). The molecule has 0 aliphatic carbocycles. The van der Waals surface area contributed by atoms with Crippen LogP contribution in [0.25, 0.3) is 0 Å². The topological polar surface area (TPSA) is 42.5 Å². The Kier molecular flexibility index (Phi) is 7.15. The van der Waals surface area contributed by atoms with Gasteiger partial charge in [0, 0.05) is 12.2 Å². The molecular weight excluding hydrogens is 344 g/mol. The van der Waals surface area contributed by atoms with Gasteiger partial charge in [0.05, 0.1) is 19.2 Å². The Morgan fingerprint density at radius 2 is 1.96 bits per heavy atom. The van der Waals surface area contributed by atoms with Gasteiger partial charge in [-0.3, -0.25) is 0 Å². The summed E-state index contributed by atoms with van der Waals surface area (Å²) in [6.45, 7) is 0.785. The lowest BCUT2D eigenvalue weighted by atomic mass is 10.1. The Bertz CT molecular complexity index is 694. The van der Waals surface area contributed by atoms with Gasteiger partial charge >= 0.3 is 0 Å². The molecule has 0 fully saturated rings. The summed E-state index contributed by atoms with van der Waals surface area (Å²) in [5, 5.41) is 7.42. The molecule has 2 aromatic carbocycles. The number of benzene rings is 2. The highest BCUT2D eigenvalue weighted by Crippen LogP contribution is 2.27. The normalized spacial score (nSPS) is 10.1. The monoisotopic (exact) mass is 364 g/mol. The predicted molar refractivity (Wildman–Crippen MR) is 104 cm³/mol. The molecule has 0 unspecified atom stereocenters. The number of thiocarbonyl (C=S) groups is 1. The molecule has 0 atom stereocenters. The molecule has 0 radical (unpaired) electrons. The molecular formula is C18H21ClN2O2S. The van der Waals surface area contributed by atoms with Crippen molar-refractivity contribution in [2.24, 2.45) is 0 Å². The highest BCUT2D eigenvalue weighted by atomic mass is 35.5. The lowest BCUT2D eigenvalue weighted by Gasteiger charge is -2.12. The van der Waals surface area contributed by atoms with Gasteiger partial charge in [-0.2, -0.15) is 0 Å². The Balaban J connectivity index is 1.74. The molecule has 128 valence electrons. The maximum atomic E-state index is 6.09. The number of rotatable bonds is 7. The number of hydrogen-bond donors (Lipinski definition) is 2. The summed E-state index contributed by atoms with van der Waals surface area (Å²) in [6.07, 6.45) is 1.93. The molecule has 0 bridgehead atoms. The van der Waals surface area contributed by atoms with Crippen molar-refractivity contribution in [2.75, 3.05) is 26.1 Å². The van der Waals surface area contributed by atoms with E-state index >= 15 is 0 Å². The van der Waals surface area contributed by atoms with E-state index in [0.29, 0.717) is 15.9 Å². The lowest BCUT2D eigenvalue weighted by Crippen LogP contribution is -2.29. The third-order valence-corrected chi connectivity index (χ3v) is 4.01. The molecule has 2 N–H and O–H groups in total. The standard InChI is InChI=1S/C18H21ClN2O2S/c1-22-15-7-3-5-13(11-15)6-4-10-20-18(24)21-14-8-9-17(23-2)16(19)12-14/h3,5,7-9,11-12H,4,6,10H2,1-2H3,(H2,20,21,24). The zero-order valence-electron chi connectivity index (χ0n) is 13.8. The summed E-state index contributed by atoms with van der Waals surface area (Å²) in [6, 6.07) is 13.5. The van der Waals surface area contributed by atoms with Gasteiger partial charge in [-0.15, -0.1) is 0 Å². The summed E-state index contributed by atoms with van der Waals surface area (Å²) in [4.78, 5) is 0. The van der Waals surface area contributed by atoms with Gasteiger partial charge in [0.15, 0.2) is 5.11 Å². The van der Waals surface area contributed by atoms with Crippen LogP contribution >= 0.6 is 23.8 Å². The lowest BCUT2D eigenvalue weighted by molar-refractivity contribution is 0.414. The van der Waals surface area contributed by atoms with Crippen LogP contribution in [0.2, 0.25) is 5.02 Å². The molecule has 6 heteroatoms. The molecule has 24 heavy (non-hydrogen) atoms. The number of ether oxygens (including phenoxy) is 2. The quantitative estimate of drug-likeness (QED) is 0.567. The van der Waals surface area contributed by atoms with Gasteiger partial charge in [0.25, 0.3) is 0 Å². The van der Waals surface area contributed by atoms with E-state index in [2.05, 4.69) is 22.8 Å². The van der Waals surface area contributed by atoms with E-state index in [1.807, 2.05) is 18.2 Å². The summed E-state index contributed by atoms with van der Waals surface area (Å²) in [5.74, 6) is 1.52. The van der Waals surface area contributed by atoms with Crippen molar-refractivity contribution in [3.8, 4) is 11.5 Å². The van der Waals surface area contributed by atoms with Crippen molar-refractivity contribution in [3.05, 3.63) is 53.1 Å². The van der Waals surface area contributed by atoms with Crippen molar-refractivity contribution in [1.29, 1.82) is 0 Å². The zero-order valence-corrected chi connectivity index (χ0v) is 15.3. The first kappa shape index (κ1) is 18.4. The fourth-order valence-electron chi connectivity index (χ4n) is 2.24. The van der Waals surface area contributed by atoms with Gasteiger partial charge in [-0.25, -0.2) is 0 Å². The Morgan fingerprint density at radius 1 is 1.12 bits per heavy atom. The smallest absolute Gasteiger partial charge is 0.170 e. The summed E-state index contributed by atoms with van der Waals surface area (Å²) in [5.41, 5.74) is 2.07. The SMILES string of the molecule is COc1cccc(CCCNC(=S)Nc2ccc(OC)c(Cl)c2)c1. The number of methoxy groups -OCH3 is 2. The first-order valence-corrected chi connectivity index (χ1v) is 8.42. The zero-order chi connectivity index (χ0) is 17.4. The largest absolute Gasteiger partial charge is 0.497 e. The third kappa shape index (κ3) is 5.58. The number of nitrogens with one attached hydrogen (secondary N) is 2. The van der Waals surface area contributed by atoms with Crippen molar-refractivity contribution in [2.45, 2.75) is 12.8 Å². The maximum absolute atomic E-state index is 6.09. The second-order valence-electron chi connectivity index (χ2n) is 5.19. The number of anilines is 1. The molecule has 0 aromatic heterocycles. The molecule has 0 heterocycles. The van der Waals surface area contributed by atoms with Crippen molar-refractivity contribution >= 4 is 34.6 Å². The molecule has 0 aliphatic heterocycles. The fourth-order valence-corrected chi connectivity index (χ4v) is 2.72. The van der Waals surface area contributed by atoms with Gasteiger partial charge < -0.3 is 20.1 Å². The Morgan fingerprint density at radius 3 is 2.67 bits per heavy atom. The van der Waals surface area contributed by atoms with E-state index in [1.54, 1.807) is 26.4 Å². The minimum atomic E-state index is 0.545. The van der Waals surface area contributed by atoms with Crippen molar-refractivity contribution < 1.29 is 9.47 Å². The van der Waals surface area contributed by atoms with Crippen molar-refractivity contribution in [1.82, 2.24) is 5.32 Å². The van der Waals surface area contributed by atoms with Crippen LogP contribution < -0.4 is 20.1 Å². The number of aryl methyl sites for hydroxylation is 1. The molecule has 0 aliphatic rings. The van der Waals surface area contributed by atoms with Crippen LogP contribution in [-0.2, 0) is 6.42 Å². The predicted octanol–water partition coefficient (Wildman–Crippen LogP) is 4.28. The average Bonchev–Trinajstić information content (AvgIpc) is 2.59. The van der Waals surface area contributed by atoms with Crippen LogP contribution in [0.4, 0.5) is 5.69 Å².